The Morgan fingerprint density at radius 1 is 1.23 bits per heavy atom. The molecule has 0 aromatic heterocycles. The summed E-state index contributed by atoms with van der Waals surface area (Å²) in [6.07, 6.45) is 1.93. The Balaban J connectivity index is 2.19. The van der Waals surface area contributed by atoms with Crippen molar-refractivity contribution < 1.29 is 34.4 Å². The second-order valence-electron chi connectivity index (χ2n) is 6.36. The summed E-state index contributed by atoms with van der Waals surface area (Å²) in [4.78, 5) is 16.2. The van der Waals surface area contributed by atoms with Crippen molar-refractivity contribution in [2.75, 3.05) is 13.2 Å². The van der Waals surface area contributed by atoms with Crippen LogP contribution in [0.15, 0.2) is 65.5 Å². The molecule has 5 N–H and O–H groups in total. The molecule has 0 saturated carbocycles. The van der Waals surface area contributed by atoms with E-state index in [2.05, 4.69) is 5.16 Å². The first-order valence-electron chi connectivity index (χ1n) is 9.34. The molecule has 8 heteroatoms. The predicted molar refractivity (Wildman–Crippen MR) is 111 cm³/mol. The maximum atomic E-state index is 13.1. The van der Waals surface area contributed by atoms with Gasteiger partial charge in [-0.15, -0.1) is 0 Å². The normalized spacial score (nSPS) is 11.8. The molecule has 0 spiro atoms. The molecular formula is C22H25FN2O5+2. The van der Waals surface area contributed by atoms with Gasteiger partial charge in [0.15, 0.2) is 0 Å². The fourth-order valence-corrected chi connectivity index (χ4v) is 2.43. The first kappa shape index (κ1) is 22.6. The lowest BCUT2D eigenvalue weighted by Crippen LogP contribution is -2.39. The Hall–Kier alpha value is -3.68. The molecule has 2 aromatic carbocycles. The average molecular weight is 416 g/mol. The first-order valence-corrected chi connectivity index (χ1v) is 9.34. The summed E-state index contributed by atoms with van der Waals surface area (Å²) < 4.78 is 18.8. The van der Waals surface area contributed by atoms with E-state index in [4.69, 9.17) is 25.2 Å². The van der Waals surface area contributed by atoms with Crippen molar-refractivity contribution in [3.63, 3.8) is 0 Å². The van der Waals surface area contributed by atoms with Gasteiger partial charge >= 0.3 is 5.97 Å². The van der Waals surface area contributed by atoms with E-state index in [-0.39, 0.29) is 36.0 Å². The molecule has 0 amide bonds. The third-order valence-corrected chi connectivity index (χ3v) is 3.94. The zero-order valence-electron chi connectivity index (χ0n) is 16.6. The van der Waals surface area contributed by atoms with E-state index in [1.165, 1.54) is 30.3 Å². The van der Waals surface area contributed by atoms with Crippen LogP contribution in [0.1, 0.15) is 24.5 Å². The zero-order valence-corrected chi connectivity index (χ0v) is 16.6. The second-order valence-corrected chi connectivity index (χ2v) is 6.36. The topological polar surface area (TPSA) is 117 Å². The fourth-order valence-electron chi connectivity index (χ4n) is 2.43. The number of ether oxygens (including phenoxy) is 1. The number of oxime groups is 1. The van der Waals surface area contributed by atoms with Crippen LogP contribution in [-0.4, -0.2) is 40.8 Å². The van der Waals surface area contributed by atoms with Crippen LogP contribution in [0.5, 0.6) is 5.75 Å². The van der Waals surface area contributed by atoms with E-state index in [0.29, 0.717) is 23.5 Å². The number of carboxylic acids is 1. The summed E-state index contributed by atoms with van der Waals surface area (Å²) in [6, 6.07) is 12.3. The number of carboxylic acid groups (broad SMARTS) is 1. The molecule has 7 nitrogen and oxygen atoms in total. The molecule has 30 heavy (non-hydrogen) atoms. The van der Waals surface area contributed by atoms with Crippen molar-refractivity contribution in [1.82, 2.24) is 0 Å². The van der Waals surface area contributed by atoms with Crippen molar-refractivity contribution in [1.29, 1.82) is 0 Å². The van der Waals surface area contributed by atoms with Gasteiger partial charge in [-0.1, -0.05) is 30.3 Å². The number of hydrogen-bond acceptors (Lipinski definition) is 4. The Morgan fingerprint density at radius 3 is 2.60 bits per heavy atom. The number of carbonyl (C=O) groups is 1. The molecule has 0 aliphatic carbocycles. The SMILES string of the molecule is CCCO/N=C(COc1ccccc1CC(=O)O)/C([OH2+])=C/C(=[NH2+])c1ccc(F)cc1. The Bertz CT molecular complexity index is 939. The highest BCUT2D eigenvalue weighted by Gasteiger charge is 2.18. The van der Waals surface area contributed by atoms with Crippen LogP contribution in [-0.2, 0) is 16.1 Å². The quantitative estimate of drug-likeness (QED) is 0.190. The van der Waals surface area contributed by atoms with Crippen LogP contribution in [0.3, 0.4) is 0 Å². The lowest BCUT2D eigenvalue weighted by molar-refractivity contribution is -0.136. The van der Waals surface area contributed by atoms with E-state index in [9.17, 15) is 9.18 Å². The van der Waals surface area contributed by atoms with Crippen molar-refractivity contribution >= 4 is 17.4 Å². The molecule has 0 fully saturated rings. The van der Waals surface area contributed by atoms with Crippen molar-refractivity contribution in [2.45, 2.75) is 19.8 Å². The third kappa shape index (κ3) is 7.05. The third-order valence-electron chi connectivity index (χ3n) is 3.94. The van der Waals surface area contributed by atoms with E-state index in [1.807, 2.05) is 6.92 Å². The molecule has 0 bridgehead atoms. The molecule has 2 aromatic rings. The minimum Gasteiger partial charge on any atom is -0.592 e. The van der Waals surface area contributed by atoms with Gasteiger partial charge in [0.05, 0.1) is 6.42 Å². The average Bonchev–Trinajstić information content (AvgIpc) is 2.71. The minimum atomic E-state index is -0.978. The number of para-hydroxylation sites is 1. The van der Waals surface area contributed by atoms with Crippen molar-refractivity contribution in [3.05, 3.63) is 77.3 Å². The van der Waals surface area contributed by atoms with E-state index in [0.717, 1.165) is 6.42 Å². The number of hydrogen-bond donors (Lipinski definition) is 2. The molecule has 0 saturated heterocycles. The Morgan fingerprint density at radius 2 is 1.93 bits per heavy atom. The number of halogens is 1. The van der Waals surface area contributed by atoms with Crippen LogP contribution in [0.25, 0.3) is 0 Å². The van der Waals surface area contributed by atoms with E-state index in [1.54, 1.807) is 24.3 Å². The van der Waals surface area contributed by atoms with Crippen LogP contribution < -0.4 is 10.1 Å². The molecule has 0 radical (unpaired) electrons. The maximum Gasteiger partial charge on any atom is 0.307 e. The van der Waals surface area contributed by atoms with Gasteiger partial charge in [-0.05, 0) is 36.8 Å². The summed E-state index contributed by atoms with van der Waals surface area (Å²) in [5.41, 5.74) is 1.50. The van der Waals surface area contributed by atoms with Gasteiger partial charge < -0.3 is 19.8 Å². The summed E-state index contributed by atoms with van der Waals surface area (Å²) in [6.45, 7) is 2.17. The number of benzene rings is 2. The van der Waals surface area contributed by atoms with Crippen LogP contribution >= 0.6 is 0 Å². The standard InChI is InChI=1S/C22H23FN2O5/c1-2-11-30-25-19(14-29-21-6-4-3-5-16(21)12-22(27)28)20(26)13-18(24)15-7-9-17(23)10-8-15/h3-10,13,24,26H,2,11-12,14H2,1H3,(H,27,28)/p+2/b20-13-,24-18?,25-19+. The highest BCUT2D eigenvalue weighted by molar-refractivity contribution is 6.10. The highest BCUT2D eigenvalue weighted by Crippen LogP contribution is 2.19. The number of rotatable bonds is 11. The molecule has 0 atom stereocenters. The van der Waals surface area contributed by atoms with Gasteiger partial charge in [-0.3, -0.25) is 10.2 Å². The van der Waals surface area contributed by atoms with Gasteiger partial charge in [0.25, 0.3) is 5.76 Å². The largest absolute Gasteiger partial charge is 0.592 e. The van der Waals surface area contributed by atoms with Gasteiger partial charge in [0.2, 0.25) is 11.4 Å². The molecule has 2 rings (SSSR count). The summed E-state index contributed by atoms with van der Waals surface area (Å²) in [5, 5.41) is 27.4. The molecule has 0 heterocycles. The fraction of sp³-hybridized carbons (Fsp3) is 0.227. The Kier molecular flexibility index (Phi) is 8.56. The van der Waals surface area contributed by atoms with Crippen molar-refractivity contribution in [2.24, 2.45) is 5.16 Å². The second kappa shape index (κ2) is 11.4. The molecule has 158 valence electrons. The molecule has 0 aliphatic heterocycles. The number of allylic oxidation sites excluding steroid dienone is 1. The van der Waals surface area contributed by atoms with Gasteiger partial charge in [0.1, 0.15) is 30.9 Å². The lowest BCUT2D eigenvalue weighted by atomic mass is 10.1. The lowest BCUT2D eigenvalue weighted by Gasteiger charge is -2.10. The highest BCUT2D eigenvalue weighted by atomic mass is 19.1. The first-order chi connectivity index (χ1) is 14.4. The van der Waals surface area contributed by atoms with Gasteiger partial charge in [0, 0.05) is 11.1 Å². The van der Waals surface area contributed by atoms with E-state index >= 15 is 0 Å². The monoisotopic (exact) mass is 416 g/mol. The summed E-state index contributed by atoms with van der Waals surface area (Å²) in [5.74, 6) is -1.02. The summed E-state index contributed by atoms with van der Waals surface area (Å²) >= 11 is 0. The number of aliphatic carboxylic acids is 1. The predicted octanol–water partition coefficient (Wildman–Crippen LogP) is 1.47. The maximum absolute atomic E-state index is 13.1. The van der Waals surface area contributed by atoms with Crippen molar-refractivity contribution in [3.8, 4) is 5.75 Å². The number of nitrogens with zero attached hydrogens (tertiary/aromatic N) is 1. The zero-order chi connectivity index (χ0) is 21.9. The van der Waals surface area contributed by atoms with Gasteiger partial charge in [-0.25, -0.2) is 4.39 Å². The smallest absolute Gasteiger partial charge is 0.307 e. The molecule has 0 unspecified atom stereocenters. The Labute approximate surface area is 173 Å². The van der Waals surface area contributed by atoms with Crippen LogP contribution in [0, 0.1) is 5.82 Å². The number of nitrogens with two attached hydrogens (primary N) is 1. The molecular weight excluding hydrogens is 391 g/mol. The van der Waals surface area contributed by atoms with E-state index < -0.39 is 5.97 Å². The van der Waals surface area contributed by atoms with Crippen LogP contribution in [0.4, 0.5) is 4.39 Å². The van der Waals surface area contributed by atoms with Gasteiger partial charge in [-0.2, -0.15) is 0 Å². The van der Waals surface area contributed by atoms with Crippen LogP contribution in [0.2, 0.25) is 0 Å². The summed E-state index contributed by atoms with van der Waals surface area (Å²) in [7, 11) is 0. The minimum absolute atomic E-state index is 0.0383. The molecule has 0 aliphatic rings.